The Morgan fingerprint density at radius 3 is 2.50 bits per heavy atom. The summed E-state index contributed by atoms with van der Waals surface area (Å²) in [5, 5.41) is 5.92. The molecule has 1 aromatic carbocycles. The topological polar surface area (TPSA) is 77.3 Å². The third-order valence-corrected chi connectivity index (χ3v) is 4.82. The van der Waals surface area contributed by atoms with Gasteiger partial charge in [0.05, 0.1) is 17.9 Å². The summed E-state index contributed by atoms with van der Waals surface area (Å²) in [6, 6.07) is 9.56. The number of Topliss-reactive ketones (excluding diaryl/α,β-unsaturated/α-hetero) is 1. The van der Waals surface area contributed by atoms with E-state index in [1.54, 1.807) is 11.0 Å². The number of piperazine rings is 1. The summed E-state index contributed by atoms with van der Waals surface area (Å²) in [6.07, 6.45) is 6.66. The number of carbonyl (C=O) groups is 1. The Labute approximate surface area is 154 Å². The van der Waals surface area contributed by atoms with Crippen LogP contribution in [-0.2, 0) is 0 Å². The second-order valence-corrected chi connectivity index (χ2v) is 6.74. The van der Waals surface area contributed by atoms with Crippen LogP contribution in [0.4, 0.5) is 5.88 Å². The van der Waals surface area contributed by atoms with E-state index in [-0.39, 0.29) is 11.7 Å². The molecule has 0 saturated carbocycles. The van der Waals surface area contributed by atoms with Crippen LogP contribution in [-0.4, -0.2) is 48.7 Å². The van der Waals surface area contributed by atoms with E-state index in [9.17, 15) is 4.79 Å². The molecule has 7 nitrogen and oxygen atoms in total. The Morgan fingerprint density at radius 1 is 1.08 bits per heavy atom. The standard InChI is InChI=1S/C19H27N5O2/c20-19-16-24(21-26-19)23-14-12-22(13-15-23)11-7-2-1-6-10-18(25)17-8-4-3-5-9-17/h3-5,8-9,16H,1-2,6-7,10-15H2,(H-,20,21). The second-order valence-electron chi connectivity index (χ2n) is 6.74. The molecule has 1 N–H and O–H groups in total. The monoisotopic (exact) mass is 357 g/mol. The van der Waals surface area contributed by atoms with E-state index in [1.165, 1.54) is 12.8 Å². The van der Waals surface area contributed by atoms with Crippen LogP contribution in [0, 0.1) is 0 Å². The molecule has 3 rings (SSSR count). The minimum Gasteiger partial charge on any atom is -0.660 e. The molecule has 0 radical (unpaired) electrons. The number of rotatable bonds is 9. The molecule has 1 fully saturated rings. The summed E-state index contributed by atoms with van der Waals surface area (Å²) in [7, 11) is 0. The number of benzene rings is 1. The molecule has 26 heavy (non-hydrogen) atoms. The van der Waals surface area contributed by atoms with Crippen molar-refractivity contribution in [3.8, 4) is 0 Å². The fourth-order valence-corrected chi connectivity index (χ4v) is 3.28. The Kier molecular flexibility index (Phi) is 6.60. The van der Waals surface area contributed by atoms with Gasteiger partial charge >= 0.3 is 0 Å². The quantitative estimate of drug-likeness (QED) is 0.392. The molecule has 0 spiro atoms. The van der Waals surface area contributed by atoms with Crippen molar-refractivity contribution in [1.29, 1.82) is 0 Å². The lowest BCUT2D eigenvalue weighted by Gasteiger charge is -2.29. The fraction of sp³-hybridized carbons (Fsp3) is 0.526. The predicted molar refractivity (Wildman–Crippen MR) is 98.9 cm³/mol. The first-order valence-electron chi connectivity index (χ1n) is 9.38. The molecular weight excluding hydrogens is 330 g/mol. The lowest BCUT2D eigenvalue weighted by atomic mass is 10.0. The maximum atomic E-state index is 12.0. The molecule has 0 unspecified atom stereocenters. The van der Waals surface area contributed by atoms with Gasteiger partial charge in [-0.25, -0.2) is 0 Å². The average Bonchev–Trinajstić information content (AvgIpc) is 3.12. The highest BCUT2D eigenvalue weighted by Gasteiger charge is 2.24. The lowest BCUT2D eigenvalue weighted by Crippen LogP contribution is -2.65. The maximum absolute atomic E-state index is 12.0. The first-order chi connectivity index (χ1) is 12.7. The van der Waals surface area contributed by atoms with Crippen molar-refractivity contribution in [1.82, 2.24) is 10.2 Å². The van der Waals surface area contributed by atoms with Gasteiger partial charge in [-0.3, -0.25) is 9.69 Å². The number of unbranched alkanes of at least 4 members (excludes halogenated alkanes) is 3. The van der Waals surface area contributed by atoms with Crippen LogP contribution in [0.1, 0.15) is 42.5 Å². The van der Waals surface area contributed by atoms with E-state index >= 15 is 0 Å². The summed E-state index contributed by atoms with van der Waals surface area (Å²) in [4.78, 5) is 16.1. The van der Waals surface area contributed by atoms with Gasteiger partial charge in [-0.1, -0.05) is 43.2 Å². The molecule has 2 heterocycles. The van der Waals surface area contributed by atoms with Crippen molar-refractivity contribution < 1.29 is 14.1 Å². The van der Waals surface area contributed by atoms with Gasteiger partial charge < -0.3 is 10.3 Å². The first kappa shape index (κ1) is 18.4. The summed E-state index contributed by atoms with van der Waals surface area (Å²) >= 11 is 0. The number of nitrogens with zero attached hydrogens (tertiary/aromatic N) is 4. The van der Waals surface area contributed by atoms with Crippen LogP contribution >= 0.6 is 0 Å². The van der Waals surface area contributed by atoms with Crippen LogP contribution in [0.5, 0.6) is 0 Å². The average molecular weight is 357 g/mol. The molecule has 1 aliphatic rings. The number of carbonyl (C=O) groups excluding carboxylic acids is 1. The summed E-state index contributed by atoms with van der Waals surface area (Å²) in [6.45, 7) is 4.89. The van der Waals surface area contributed by atoms with E-state index in [4.69, 9.17) is 10.3 Å². The molecule has 0 aliphatic carbocycles. The van der Waals surface area contributed by atoms with Crippen molar-refractivity contribution in [2.45, 2.75) is 32.1 Å². The maximum Gasteiger partial charge on any atom is 0.256 e. The second kappa shape index (κ2) is 9.33. The molecule has 1 aromatic heterocycles. The van der Waals surface area contributed by atoms with Crippen LogP contribution in [0.2, 0.25) is 0 Å². The normalized spacial score (nSPS) is 15.3. The van der Waals surface area contributed by atoms with E-state index in [0.29, 0.717) is 6.42 Å². The lowest BCUT2D eigenvalue weighted by molar-refractivity contribution is -0.759. The third-order valence-electron chi connectivity index (χ3n) is 4.82. The van der Waals surface area contributed by atoms with Gasteiger partial charge in [-0.15, -0.1) is 0 Å². The van der Waals surface area contributed by atoms with Gasteiger partial charge in [-0.05, 0) is 19.4 Å². The van der Waals surface area contributed by atoms with E-state index < -0.39 is 0 Å². The molecule has 1 aliphatic heterocycles. The van der Waals surface area contributed by atoms with Gasteiger partial charge in [0.2, 0.25) is 5.27 Å². The van der Waals surface area contributed by atoms with Crippen molar-refractivity contribution in [2.24, 2.45) is 0 Å². The van der Waals surface area contributed by atoms with E-state index in [0.717, 1.165) is 51.1 Å². The summed E-state index contributed by atoms with van der Waals surface area (Å²) < 4.78 is 4.79. The molecule has 2 aromatic rings. The molecule has 140 valence electrons. The third kappa shape index (κ3) is 5.29. The number of hydrogen-bond acceptors (Lipinski definition) is 5. The SMILES string of the molecule is [NH-]c1c[n+](N2CCN(CCCCCCC(=O)c3ccccc3)CC2)no1. The van der Waals surface area contributed by atoms with Gasteiger partial charge in [0.15, 0.2) is 5.78 Å². The summed E-state index contributed by atoms with van der Waals surface area (Å²) in [5.74, 6) is 0.334. The smallest absolute Gasteiger partial charge is 0.256 e. The highest BCUT2D eigenvalue weighted by atomic mass is 16.5. The van der Waals surface area contributed by atoms with Crippen molar-refractivity contribution >= 4 is 11.7 Å². The Bertz CT molecular complexity index is 680. The zero-order valence-corrected chi connectivity index (χ0v) is 15.1. The highest BCUT2D eigenvalue weighted by Crippen LogP contribution is 2.10. The van der Waals surface area contributed by atoms with Crippen molar-refractivity contribution in [3.63, 3.8) is 0 Å². The van der Waals surface area contributed by atoms with Crippen molar-refractivity contribution in [2.75, 3.05) is 37.7 Å². The number of hydrogen-bond donors (Lipinski definition) is 0. The predicted octanol–water partition coefficient (Wildman–Crippen LogP) is 2.73. The van der Waals surface area contributed by atoms with Gasteiger partial charge in [0, 0.05) is 25.1 Å². The first-order valence-corrected chi connectivity index (χ1v) is 9.38. The molecule has 1 saturated heterocycles. The molecule has 7 heteroatoms. The fourth-order valence-electron chi connectivity index (χ4n) is 3.28. The van der Waals surface area contributed by atoms with Crippen LogP contribution in [0.3, 0.4) is 0 Å². The van der Waals surface area contributed by atoms with Crippen LogP contribution < -0.4 is 9.80 Å². The zero-order chi connectivity index (χ0) is 18.2. The van der Waals surface area contributed by atoms with Crippen LogP contribution in [0.15, 0.2) is 41.1 Å². The number of nitrogens with one attached hydrogen (secondary N) is 1. The van der Waals surface area contributed by atoms with Crippen molar-refractivity contribution in [3.05, 3.63) is 47.8 Å². The molecule has 0 amide bonds. The molecular formula is C19H27N5O2. The largest absolute Gasteiger partial charge is 0.660 e. The van der Waals surface area contributed by atoms with Gasteiger partial charge in [0.1, 0.15) is 5.88 Å². The summed E-state index contributed by atoms with van der Waals surface area (Å²) in [5.41, 5.74) is 8.21. The Morgan fingerprint density at radius 2 is 1.81 bits per heavy atom. The number of aromatic nitrogens is 2. The zero-order valence-electron chi connectivity index (χ0n) is 15.1. The highest BCUT2D eigenvalue weighted by molar-refractivity contribution is 5.95. The number of ketones is 1. The van der Waals surface area contributed by atoms with Gasteiger partial charge in [-0.2, -0.15) is 5.01 Å². The van der Waals surface area contributed by atoms with E-state index in [2.05, 4.69) is 15.2 Å². The molecule has 0 atom stereocenters. The molecule has 0 bridgehead atoms. The van der Waals surface area contributed by atoms with Gasteiger partial charge in [0.25, 0.3) is 6.20 Å². The Hall–Kier alpha value is -2.41. The minimum atomic E-state index is 0.0816. The van der Waals surface area contributed by atoms with Crippen LogP contribution in [0.25, 0.3) is 5.73 Å². The minimum absolute atomic E-state index is 0.0816. The van der Waals surface area contributed by atoms with E-state index in [1.807, 2.05) is 30.3 Å². The Balaban J connectivity index is 1.24.